The van der Waals surface area contributed by atoms with Gasteiger partial charge in [-0.3, -0.25) is 4.79 Å². The highest BCUT2D eigenvalue weighted by Crippen LogP contribution is 2.22. The van der Waals surface area contributed by atoms with E-state index in [1.54, 1.807) is 23.1 Å². The molecule has 1 aromatic carbocycles. The molecule has 1 rings (SSSR count). The average molecular weight is 295 g/mol. The summed E-state index contributed by atoms with van der Waals surface area (Å²) in [5.74, 6) is 0.246. The Morgan fingerprint density at radius 1 is 1.35 bits per heavy atom. The molecule has 0 aliphatic heterocycles. The van der Waals surface area contributed by atoms with E-state index in [-0.39, 0.29) is 11.9 Å². The van der Waals surface area contributed by atoms with E-state index in [4.69, 9.17) is 34.8 Å². The monoisotopic (exact) mass is 293 g/mol. The van der Waals surface area contributed by atoms with Gasteiger partial charge in [0.15, 0.2) is 0 Å². The molecule has 0 bridgehead atoms. The third kappa shape index (κ3) is 3.77. The minimum atomic E-state index is -0.145. The summed E-state index contributed by atoms with van der Waals surface area (Å²) >= 11 is 17.6. The summed E-state index contributed by atoms with van der Waals surface area (Å²) in [6.07, 6.45) is 0. The van der Waals surface area contributed by atoms with Crippen molar-refractivity contribution in [3.05, 3.63) is 33.8 Å². The summed E-state index contributed by atoms with van der Waals surface area (Å²) in [6.45, 7) is 4.35. The van der Waals surface area contributed by atoms with Crippen LogP contribution in [-0.4, -0.2) is 29.3 Å². The molecule has 5 heteroatoms. The Morgan fingerprint density at radius 3 is 2.53 bits per heavy atom. The first kappa shape index (κ1) is 14.6. The van der Waals surface area contributed by atoms with Gasteiger partial charge in [-0.2, -0.15) is 0 Å². The number of hydrogen-bond acceptors (Lipinski definition) is 1. The molecule has 0 saturated heterocycles. The van der Waals surface area contributed by atoms with Gasteiger partial charge in [-0.25, -0.2) is 0 Å². The van der Waals surface area contributed by atoms with E-state index < -0.39 is 0 Å². The lowest BCUT2D eigenvalue weighted by atomic mass is 10.1. The smallest absolute Gasteiger partial charge is 0.255 e. The Morgan fingerprint density at radius 2 is 2.00 bits per heavy atom. The van der Waals surface area contributed by atoms with Crippen LogP contribution in [0.2, 0.25) is 10.0 Å². The molecule has 0 heterocycles. The van der Waals surface area contributed by atoms with Crippen LogP contribution in [0.5, 0.6) is 0 Å². The number of alkyl halides is 1. The summed E-state index contributed by atoms with van der Waals surface area (Å²) < 4.78 is 0. The Labute approximate surface area is 116 Å². The van der Waals surface area contributed by atoms with Crippen molar-refractivity contribution in [2.24, 2.45) is 0 Å². The van der Waals surface area contributed by atoms with Crippen LogP contribution in [0.1, 0.15) is 24.2 Å². The molecule has 0 aliphatic carbocycles. The van der Waals surface area contributed by atoms with Crippen LogP contribution < -0.4 is 0 Å². The van der Waals surface area contributed by atoms with Crippen molar-refractivity contribution >= 4 is 40.7 Å². The zero-order valence-corrected chi connectivity index (χ0v) is 12.0. The second-order valence-corrected chi connectivity index (χ2v) is 5.13. The van der Waals surface area contributed by atoms with Crippen molar-refractivity contribution in [3.63, 3.8) is 0 Å². The van der Waals surface area contributed by atoms with E-state index in [1.807, 2.05) is 13.8 Å². The average Bonchev–Trinajstić information content (AvgIpc) is 2.28. The minimum Gasteiger partial charge on any atom is -0.335 e. The molecule has 1 amide bonds. The van der Waals surface area contributed by atoms with Gasteiger partial charge in [-0.15, -0.1) is 11.6 Å². The molecule has 0 atom stereocenters. The normalized spacial score (nSPS) is 10.7. The Balaban J connectivity index is 3.04. The Hall–Kier alpha value is -0.440. The van der Waals surface area contributed by atoms with Crippen molar-refractivity contribution in [1.82, 2.24) is 4.90 Å². The van der Waals surface area contributed by atoms with E-state index in [1.165, 1.54) is 0 Å². The summed E-state index contributed by atoms with van der Waals surface area (Å²) in [4.78, 5) is 13.9. The summed E-state index contributed by atoms with van der Waals surface area (Å²) in [5.41, 5.74) is 0.415. The van der Waals surface area contributed by atoms with Crippen molar-refractivity contribution in [3.8, 4) is 0 Å². The molecule has 94 valence electrons. The van der Waals surface area contributed by atoms with E-state index in [0.717, 1.165) is 0 Å². The molecule has 2 nitrogen and oxygen atoms in total. The zero-order chi connectivity index (χ0) is 13.0. The van der Waals surface area contributed by atoms with E-state index >= 15 is 0 Å². The van der Waals surface area contributed by atoms with Crippen LogP contribution in [-0.2, 0) is 0 Å². The second-order valence-electron chi connectivity index (χ2n) is 3.91. The lowest BCUT2D eigenvalue weighted by molar-refractivity contribution is 0.0718. The Bertz CT molecular complexity index is 407. The van der Waals surface area contributed by atoms with Crippen LogP contribution in [0.3, 0.4) is 0 Å². The van der Waals surface area contributed by atoms with Gasteiger partial charge in [-0.05, 0) is 32.0 Å². The van der Waals surface area contributed by atoms with E-state index in [2.05, 4.69) is 0 Å². The zero-order valence-electron chi connectivity index (χ0n) is 9.71. The molecular weight excluding hydrogens is 280 g/mol. The van der Waals surface area contributed by atoms with Crippen LogP contribution in [0.4, 0.5) is 0 Å². The summed E-state index contributed by atoms with van der Waals surface area (Å²) in [6, 6.07) is 4.92. The molecule has 0 saturated carbocycles. The minimum absolute atomic E-state index is 0.0660. The van der Waals surface area contributed by atoms with Crippen molar-refractivity contribution < 1.29 is 4.79 Å². The fourth-order valence-corrected chi connectivity index (χ4v) is 2.05. The molecule has 0 unspecified atom stereocenters. The first-order chi connectivity index (χ1) is 7.97. The van der Waals surface area contributed by atoms with Crippen LogP contribution in [0.15, 0.2) is 18.2 Å². The summed E-state index contributed by atoms with van der Waals surface area (Å²) in [5, 5.41) is 0.895. The maximum absolute atomic E-state index is 12.3. The fourth-order valence-electron chi connectivity index (χ4n) is 1.50. The van der Waals surface area contributed by atoms with E-state index in [0.29, 0.717) is 28.0 Å². The second kappa shape index (κ2) is 6.48. The number of amides is 1. The van der Waals surface area contributed by atoms with Crippen molar-refractivity contribution in [2.45, 2.75) is 19.9 Å². The first-order valence-electron chi connectivity index (χ1n) is 5.29. The van der Waals surface area contributed by atoms with Gasteiger partial charge in [0.05, 0.1) is 10.6 Å². The largest absolute Gasteiger partial charge is 0.335 e. The van der Waals surface area contributed by atoms with E-state index in [9.17, 15) is 4.79 Å². The molecular formula is C12H14Cl3NO. The third-order valence-corrected chi connectivity index (χ3v) is 3.10. The number of nitrogens with zero attached hydrogens (tertiary/aromatic N) is 1. The fraction of sp³-hybridized carbons (Fsp3) is 0.417. The predicted octanol–water partition coefficient (Wildman–Crippen LogP) is 4.08. The van der Waals surface area contributed by atoms with Gasteiger partial charge < -0.3 is 4.90 Å². The lowest BCUT2D eigenvalue weighted by Crippen LogP contribution is -2.38. The molecule has 1 aromatic rings. The maximum Gasteiger partial charge on any atom is 0.255 e. The first-order valence-corrected chi connectivity index (χ1v) is 6.58. The third-order valence-electron chi connectivity index (χ3n) is 2.37. The highest BCUT2D eigenvalue weighted by molar-refractivity contribution is 6.35. The maximum atomic E-state index is 12.3. The number of rotatable bonds is 4. The Kier molecular flexibility index (Phi) is 5.57. The van der Waals surface area contributed by atoms with Crippen molar-refractivity contribution in [2.75, 3.05) is 12.4 Å². The highest BCUT2D eigenvalue weighted by Gasteiger charge is 2.20. The van der Waals surface area contributed by atoms with Crippen LogP contribution in [0, 0.1) is 0 Å². The predicted molar refractivity (Wildman–Crippen MR) is 73.4 cm³/mol. The number of hydrogen-bond donors (Lipinski definition) is 0. The van der Waals surface area contributed by atoms with Gasteiger partial charge in [0, 0.05) is 23.5 Å². The van der Waals surface area contributed by atoms with Crippen LogP contribution >= 0.6 is 34.8 Å². The molecule has 0 N–H and O–H groups in total. The SMILES string of the molecule is CC(C)N(CCCl)C(=O)c1cc(Cl)ccc1Cl. The number of carbonyl (C=O) groups excluding carboxylic acids is 1. The number of carbonyl (C=O) groups is 1. The van der Waals surface area contributed by atoms with Gasteiger partial charge in [0.25, 0.3) is 5.91 Å². The molecule has 0 aromatic heterocycles. The van der Waals surface area contributed by atoms with Gasteiger partial charge in [-0.1, -0.05) is 23.2 Å². The number of halogens is 3. The summed E-state index contributed by atoms with van der Waals surface area (Å²) in [7, 11) is 0. The van der Waals surface area contributed by atoms with Crippen LogP contribution in [0.25, 0.3) is 0 Å². The molecule has 0 aliphatic rings. The highest BCUT2D eigenvalue weighted by atomic mass is 35.5. The standard InChI is InChI=1S/C12H14Cl3NO/c1-8(2)16(6-5-13)12(17)10-7-9(14)3-4-11(10)15/h3-4,7-8H,5-6H2,1-2H3. The topological polar surface area (TPSA) is 20.3 Å². The molecule has 0 radical (unpaired) electrons. The van der Waals surface area contributed by atoms with Gasteiger partial charge in [0.1, 0.15) is 0 Å². The number of benzene rings is 1. The van der Waals surface area contributed by atoms with Gasteiger partial charge >= 0.3 is 0 Å². The molecule has 0 spiro atoms. The van der Waals surface area contributed by atoms with Gasteiger partial charge in [0.2, 0.25) is 0 Å². The molecule has 17 heavy (non-hydrogen) atoms. The lowest BCUT2D eigenvalue weighted by Gasteiger charge is -2.26. The quantitative estimate of drug-likeness (QED) is 0.766. The van der Waals surface area contributed by atoms with Crippen molar-refractivity contribution in [1.29, 1.82) is 0 Å². The molecule has 0 fully saturated rings.